The fourth-order valence-electron chi connectivity index (χ4n) is 1.85. The Labute approximate surface area is 118 Å². The van der Waals surface area contributed by atoms with Crippen LogP contribution in [0.1, 0.15) is 43.8 Å². The van der Waals surface area contributed by atoms with E-state index in [0.717, 1.165) is 18.9 Å². The van der Waals surface area contributed by atoms with Gasteiger partial charge in [-0.2, -0.15) is 11.3 Å². The van der Waals surface area contributed by atoms with Crippen LogP contribution in [0.3, 0.4) is 0 Å². The van der Waals surface area contributed by atoms with Gasteiger partial charge in [-0.3, -0.25) is 0 Å². The second-order valence-corrected chi connectivity index (χ2v) is 6.04. The number of tetrazole rings is 1. The van der Waals surface area contributed by atoms with Gasteiger partial charge in [-0.05, 0) is 58.6 Å². The van der Waals surface area contributed by atoms with Crippen molar-refractivity contribution in [2.24, 2.45) is 5.92 Å². The van der Waals surface area contributed by atoms with Gasteiger partial charge in [0.05, 0.1) is 12.6 Å². The van der Waals surface area contributed by atoms with Crippen LogP contribution in [0.5, 0.6) is 0 Å². The van der Waals surface area contributed by atoms with Crippen LogP contribution < -0.4 is 5.32 Å². The molecule has 5 nitrogen and oxygen atoms in total. The molecule has 1 unspecified atom stereocenters. The average molecular weight is 279 g/mol. The van der Waals surface area contributed by atoms with E-state index in [4.69, 9.17) is 0 Å². The Bertz CT molecular complexity index is 517. The number of aryl methyl sites for hydroxylation is 1. The summed E-state index contributed by atoms with van der Waals surface area (Å²) in [6, 6.07) is 0.163. The predicted octanol–water partition coefficient (Wildman–Crippen LogP) is 2.40. The summed E-state index contributed by atoms with van der Waals surface area (Å²) in [7, 11) is 0. The maximum atomic E-state index is 4.15. The molecule has 1 N–H and O–H groups in total. The van der Waals surface area contributed by atoms with Crippen molar-refractivity contribution in [1.82, 2.24) is 25.5 Å². The van der Waals surface area contributed by atoms with E-state index in [1.807, 2.05) is 4.68 Å². The summed E-state index contributed by atoms with van der Waals surface area (Å²) >= 11 is 1.72. The molecule has 0 aromatic carbocycles. The Morgan fingerprint density at radius 1 is 1.32 bits per heavy atom. The van der Waals surface area contributed by atoms with E-state index in [9.17, 15) is 0 Å². The first kappa shape index (κ1) is 14.1. The van der Waals surface area contributed by atoms with Crippen LogP contribution >= 0.6 is 11.3 Å². The molecule has 2 heterocycles. The smallest absolute Gasteiger partial charge is 0.168 e. The van der Waals surface area contributed by atoms with Crippen LogP contribution in [0.4, 0.5) is 0 Å². The molecule has 2 aromatic heterocycles. The third-order valence-electron chi connectivity index (χ3n) is 3.06. The minimum absolute atomic E-state index is 0.163. The van der Waals surface area contributed by atoms with Gasteiger partial charge in [-0.1, -0.05) is 13.8 Å². The Morgan fingerprint density at radius 2 is 2.11 bits per heavy atom. The van der Waals surface area contributed by atoms with Crippen molar-refractivity contribution in [2.75, 3.05) is 6.54 Å². The Balaban J connectivity index is 2.07. The maximum Gasteiger partial charge on any atom is 0.168 e. The summed E-state index contributed by atoms with van der Waals surface area (Å²) in [6.07, 6.45) is 0. The van der Waals surface area contributed by atoms with E-state index in [1.165, 1.54) is 11.1 Å². The van der Waals surface area contributed by atoms with E-state index in [1.54, 1.807) is 11.3 Å². The number of aromatic nitrogens is 4. The molecule has 2 aromatic rings. The van der Waals surface area contributed by atoms with Crippen LogP contribution in [0, 0.1) is 12.8 Å². The molecule has 19 heavy (non-hydrogen) atoms. The third kappa shape index (κ3) is 3.61. The third-order valence-corrected chi connectivity index (χ3v) is 3.97. The van der Waals surface area contributed by atoms with Gasteiger partial charge in [-0.15, -0.1) is 5.10 Å². The van der Waals surface area contributed by atoms with E-state index < -0.39 is 0 Å². The molecule has 0 radical (unpaired) electrons. The van der Waals surface area contributed by atoms with Crippen molar-refractivity contribution in [1.29, 1.82) is 0 Å². The normalized spacial score (nSPS) is 13.1. The first-order valence-electron chi connectivity index (χ1n) is 6.59. The first-order valence-corrected chi connectivity index (χ1v) is 7.53. The predicted molar refractivity (Wildman–Crippen MR) is 77.2 cm³/mol. The highest BCUT2D eigenvalue weighted by Crippen LogP contribution is 2.16. The van der Waals surface area contributed by atoms with E-state index in [-0.39, 0.29) is 6.04 Å². The molecule has 6 heteroatoms. The lowest BCUT2D eigenvalue weighted by Gasteiger charge is -2.15. The molecular weight excluding hydrogens is 258 g/mol. The number of hydrogen-bond donors (Lipinski definition) is 1. The van der Waals surface area contributed by atoms with Crippen LogP contribution in [0.2, 0.25) is 0 Å². The lowest BCUT2D eigenvalue weighted by Crippen LogP contribution is -2.26. The molecule has 0 aliphatic heterocycles. The Hall–Kier alpha value is -1.27. The minimum atomic E-state index is 0.163. The molecule has 0 fully saturated rings. The summed E-state index contributed by atoms with van der Waals surface area (Å²) in [4.78, 5) is 0. The molecule has 0 saturated carbocycles. The maximum absolute atomic E-state index is 4.15. The van der Waals surface area contributed by atoms with Gasteiger partial charge in [0, 0.05) is 0 Å². The summed E-state index contributed by atoms with van der Waals surface area (Å²) in [6.45, 7) is 10.3. The van der Waals surface area contributed by atoms with Crippen LogP contribution in [0.25, 0.3) is 0 Å². The lowest BCUT2D eigenvalue weighted by atomic mass is 10.2. The highest BCUT2D eigenvalue weighted by atomic mass is 32.1. The summed E-state index contributed by atoms with van der Waals surface area (Å²) in [5, 5.41) is 19.8. The second kappa shape index (κ2) is 6.25. The second-order valence-electron chi connectivity index (χ2n) is 5.30. The van der Waals surface area contributed by atoms with Crippen molar-refractivity contribution in [3.05, 3.63) is 27.7 Å². The number of rotatable bonds is 6. The average Bonchev–Trinajstić information content (AvgIpc) is 2.97. The van der Waals surface area contributed by atoms with Crippen molar-refractivity contribution < 1.29 is 0 Å². The fourth-order valence-corrected chi connectivity index (χ4v) is 2.70. The Kier molecular flexibility index (Phi) is 4.66. The number of nitrogens with one attached hydrogen (secondary N) is 1. The lowest BCUT2D eigenvalue weighted by molar-refractivity contribution is 0.461. The van der Waals surface area contributed by atoms with Gasteiger partial charge in [-0.25, -0.2) is 4.68 Å². The first-order chi connectivity index (χ1) is 9.08. The van der Waals surface area contributed by atoms with Crippen molar-refractivity contribution in [2.45, 2.75) is 40.3 Å². The molecule has 0 bridgehead atoms. The largest absolute Gasteiger partial charge is 0.307 e. The zero-order chi connectivity index (χ0) is 13.8. The SMILES string of the molecule is Cc1cscc1Cn1nnnc1C(C)NCC(C)C. The van der Waals surface area contributed by atoms with Crippen LogP contribution in [0.15, 0.2) is 10.8 Å². The topological polar surface area (TPSA) is 55.6 Å². The van der Waals surface area contributed by atoms with E-state index in [2.05, 4.69) is 59.3 Å². The molecule has 0 saturated heterocycles. The number of nitrogens with zero attached hydrogens (tertiary/aromatic N) is 4. The number of hydrogen-bond acceptors (Lipinski definition) is 5. The van der Waals surface area contributed by atoms with Crippen LogP contribution in [-0.4, -0.2) is 26.8 Å². The van der Waals surface area contributed by atoms with Gasteiger partial charge >= 0.3 is 0 Å². The zero-order valence-electron chi connectivity index (χ0n) is 11.9. The molecule has 2 rings (SSSR count). The van der Waals surface area contributed by atoms with Crippen LogP contribution in [-0.2, 0) is 6.54 Å². The molecular formula is C13H21N5S. The fraction of sp³-hybridized carbons (Fsp3) is 0.615. The summed E-state index contributed by atoms with van der Waals surface area (Å²) < 4.78 is 1.88. The van der Waals surface area contributed by atoms with Crippen molar-refractivity contribution >= 4 is 11.3 Å². The van der Waals surface area contributed by atoms with E-state index >= 15 is 0 Å². The summed E-state index contributed by atoms with van der Waals surface area (Å²) in [5.74, 6) is 1.51. The molecule has 0 amide bonds. The quantitative estimate of drug-likeness (QED) is 0.882. The van der Waals surface area contributed by atoms with E-state index in [0.29, 0.717) is 5.92 Å². The van der Waals surface area contributed by atoms with Gasteiger partial charge in [0.1, 0.15) is 0 Å². The van der Waals surface area contributed by atoms with Gasteiger partial charge in [0.25, 0.3) is 0 Å². The monoisotopic (exact) mass is 279 g/mol. The molecule has 0 aliphatic carbocycles. The number of thiophene rings is 1. The Morgan fingerprint density at radius 3 is 2.74 bits per heavy atom. The van der Waals surface area contributed by atoms with Gasteiger partial charge in [0.2, 0.25) is 0 Å². The molecule has 1 atom stereocenters. The highest BCUT2D eigenvalue weighted by molar-refractivity contribution is 7.08. The molecule has 0 aliphatic rings. The standard InChI is InChI=1S/C13H21N5S/c1-9(2)5-14-11(4)13-15-16-17-18(13)6-12-8-19-7-10(12)3/h7-9,11,14H,5-6H2,1-4H3. The van der Waals surface area contributed by atoms with Gasteiger partial charge in [0.15, 0.2) is 5.82 Å². The molecule has 0 spiro atoms. The summed E-state index contributed by atoms with van der Waals surface area (Å²) in [5.41, 5.74) is 2.59. The van der Waals surface area contributed by atoms with Crippen molar-refractivity contribution in [3.8, 4) is 0 Å². The molecule has 104 valence electrons. The van der Waals surface area contributed by atoms with Gasteiger partial charge < -0.3 is 5.32 Å². The zero-order valence-corrected chi connectivity index (χ0v) is 12.7. The van der Waals surface area contributed by atoms with Crippen molar-refractivity contribution in [3.63, 3.8) is 0 Å². The minimum Gasteiger partial charge on any atom is -0.307 e. The highest BCUT2D eigenvalue weighted by Gasteiger charge is 2.15.